The maximum atomic E-state index is 12.3. The fraction of sp³-hybridized carbons (Fsp3) is 0.200. The van der Waals surface area contributed by atoms with Crippen molar-refractivity contribution in [1.29, 1.82) is 0 Å². The maximum absolute atomic E-state index is 12.3. The molecule has 0 aliphatic rings. The van der Waals surface area contributed by atoms with E-state index in [1.54, 1.807) is 6.07 Å². The fourth-order valence-electron chi connectivity index (χ4n) is 0.705. The van der Waals surface area contributed by atoms with Gasteiger partial charge in [-0.3, -0.25) is 0 Å². The summed E-state index contributed by atoms with van der Waals surface area (Å²) in [6, 6.07) is 4.79. The first-order valence-corrected chi connectivity index (χ1v) is 3.43. The molecule has 0 fully saturated rings. The first-order valence-electron chi connectivity index (χ1n) is 3.43. The first-order chi connectivity index (χ1) is 5.20. The van der Waals surface area contributed by atoms with E-state index in [1.807, 2.05) is 13.8 Å². The predicted octanol–water partition coefficient (Wildman–Crippen LogP) is 3.24. The van der Waals surface area contributed by atoms with Crippen molar-refractivity contribution in [2.75, 3.05) is 0 Å². The summed E-state index contributed by atoms with van der Waals surface area (Å²) < 4.78 is 12.3. The van der Waals surface area contributed by atoms with Gasteiger partial charge in [0.1, 0.15) is 5.82 Å². The molecule has 0 saturated heterocycles. The van der Waals surface area contributed by atoms with Gasteiger partial charge in [-0.15, -0.1) is 13.2 Å². The highest BCUT2D eigenvalue weighted by Crippen LogP contribution is 2.07. The predicted molar refractivity (Wildman–Crippen MR) is 47.1 cm³/mol. The molecule has 60 valence electrons. The van der Waals surface area contributed by atoms with Gasteiger partial charge in [0.25, 0.3) is 0 Å². The van der Waals surface area contributed by atoms with Crippen LogP contribution in [0.5, 0.6) is 0 Å². The zero-order valence-electron chi connectivity index (χ0n) is 7.02. The van der Waals surface area contributed by atoms with Crippen LogP contribution >= 0.6 is 0 Å². The Bertz CT molecular complexity index is 228. The normalized spacial score (nSPS) is 8.27. The van der Waals surface area contributed by atoms with E-state index in [4.69, 9.17) is 0 Å². The van der Waals surface area contributed by atoms with Gasteiger partial charge in [-0.05, 0) is 37.1 Å². The molecule has 0 nitrogen and oxygen atoms in total. The molecule has 0 aliphatic heterocycles. The standard InChI is InChI=1S/C8H9F.C2H4/c1-6-3-4-8(9)5-7(6)2;1-2/h3-5H,1-2H3;1-2H2. The molecule has 0 bridgehead atoms. The summed E-state index contributed by atoms with van der Waals surface area (Å²) in [5.41, 5.74) is 2.14. The topological polar surface area (TPSA) is 0 Å². The van der Waals surface area contributed by atoms with Crippen LogP contribution in [0.15, 0.2) is 31.4 Å². The van der Waals surface area contributed by atoms with Crippen molar-refractivity contribution in [3.05, 3.63) is 48.3 Å². The van der Waals surface area contributed by atoms with Gasteiger partial charge in [-0.25, -0.2) is 4.39 Å². The molecule has 0 radical (unpaired) electrons. The monoisotopic (exact) mass is 152 g/mol. The molecule has 11 heavy (non-hydrogen) atoms. The molecule has 0 aromatic heterocycles. The molecule has 0 aliphatic carbocycles. The van der Waals surface area contributed by atoms with E-state index in [1.165, 1.54) is 12.1 Å². The Hall–Kier alpha value is -1.11. The minimum absolute atomic E-state index is 0.155. The highest BCUT2D eigenvalue weighted by atomic mass is 19.1. The minimum atomic E-state index is -0.155. The van der Waals surface area contributed by atoms with Crippen LogP contribution < -0.4 is 0 Å². The van der Waals surface area contributed by atoms with Crippen LogP contribution in [0.4, 0.5) is 4.39 Å². The fourth-order valence-corrected chi connectivity index (χ4v) is 0.705. The molecular weight excluding hydrogens is 139 g/mol. The summed E-state index contributed by atoms with van der Waals surface area (Å²) in [4.78, 5) is 0. The van der Waals surface area contributed by atoms with Crippen LogP contribution in [0, 0.1) is 19.7 Å². The second-order valence-electron chi connectivity index (χ2n) is 2.23. The number of rotatable bonds is 0. The van der Waals surface area contributed by atoms with Crippen LogP contribution in [0.1, 0.15) is 11.1 Å². The molecule has 1 rings (SSSR count). The maximum Gasteiger partial charge on any atom is 0.123 e. The minimum Gasteiger partial charge on any atom is -0.207 e. The number of aryl methyl sites for hydroxylation is 2. The third-order valence-corrected chi connectivity index (χ3v) is 1.47. The van der Waals surface area contributed by atoms with Crippen molar-refractivity contribution >= 4 is 0 Å². The number of halogens is 1. The average Bonchev–Trinajstić information content (AvgIpc) is 2.02. The third-order valence-electron chi connectivity index (χ3n) is 1.47. The van der Waals surface area contributed by atoms with Crippen molar-refractivity contribution in [1.82, 2.24) is 0 Å². The van der Waals surface area contributed by atoms with Crippen LogP contribution in [0.25, 0.3) is 0 Å². The highest BCUT2D eigenvalue weighted by molar-refractivity contribution is 5.24. The molecule has 0 saturated carbocycles. The number of benzene rings is 1. The summed E-state index contributed by atoms with van der Waals surface area (Å²) in [5, 5.41) is 0. The Balaban J connectivity index is 0.000000461. The van der Waals surface area contributed by atoms with Crippen LogP contribution in [0.2, 0.25) is 0 Å². The van der Waals surface area contributed by atoms with Gasteiger partial charge in [0.15, 0.2) is 0 Å². The van der Waals surface area contributed by atoms with Gasteiger partial charge in [0, 0.05) is 0 Å². The van der Waals surface area contributed by atoms with Gasteiger partial charge in [0.05, 0.1) is 0 Å². The molecule has 0 spiro atoms. The number of hydrogen-bond donors (Lipinski definition) is 0. The summed E-state index contributed by atoms with van der Waals surface area (Å²) >= 11 is 0. The van der Waals surface area contributed by atoms with Gasteiger partial charge >= 0.3 is 0 Å². The van der Waals surface area contributed by atoms with Crippen molar-refractivity contribution in [2.24, 2.45) is 0 Å². The van der Waals surface area contributed by atoms with Crippen molar-refractivity contribution < 1.29 is 4.39 Å². The number of hydrogen-bond acceptors (Lipinski definition) is 0. The SMILES string of the molecule is C=C.Cc1ccc(F)cc1C. The molecule has 0 N–H and O–H groups in total. The van der Waals surface area contributed by atoms with E-state index in [2.05, 4.69) is 13.2 Å². The Morgan fingerprint density at radius 3 is 2.00 bits per heavy atom. The Morgan fingerprint density at radius 2 is 1.64 bits per heavy atom. The molecular formula is C10H13F. The molecule has 0 atom stereocenters. The lowest BCUT2D eigenvalue weighted by Crippen LogP contribution is -1.80. The molecule has 0 heterocycles. The van der Waals surface area contributed by atoms with Gasteiger partial charge in [-0.1, -0.05) is 6.07 Å². The lowest BCUT2D eigenvalue weighted by molar-refractivity contribution is 0.626. The van der Waals surface area contributed by atoms with E-state index in [0.29, 0.717) is 0 Å². The zero-order valence-corrected chi connectivity index (χ0v) is 7.02. The summed E-state index contributed by atoms with van der Waals surface area (Å²) in [6.07, 6.45) is 0. The Morgan fingerprint density at radius 1 is 1.09 bits per heavy atom. The van der Waals surface area contributed by atoms with Crippen molar-refractivity contribution in [3.8, 4) is 0 Å². The third kappa shape index (κ3) is 2.99. The highest BCUT2D eigenvalue weighted by Gasteiger charge is 1.91. The van der Waals surface area contributed by atoms with Crippen LogP contribution in [-0.2, 0) is 0 Å². The zero-order chi connectivity index (χ0) is 8.85. The van der Waals surface area contributed by atoms with E-state index < -0.39 is 0 Å². The molecule has 0 amide bonds. The van der Waals surface area contributed by atoms with E-state index in [9.17, 15) is 4.39 Å². The van der Waals surface area contributed by atoms with Gasteiger partial charge in [0.2, 0.25) is 0 Å². The van der Waals surface area contributed by atoms with E-state index in [0.717, 1.165) is 11.1 Å². The van der Waals surface area contributed by atoms with E-state index >= 15 is 0 Å². The quantitative estimate of drug-likeness (QED) is 0.500. The van der Waals surface area contributed by atoms with Crippen molar-refractivity contribution in [3.63, 3.8) is 0 Å². The average molecular weight is 152 g/mol. The summed E-state index contributed by atoms with van der Waals surface area (Å²) in [7, 11) is 0. The smallest absolute Gasteiger partial charge is 0.123 e. The molecule has 1 aromatic rings. The molecule has 1 aromatic carbocycles. The van der Waals surface area contributed by atoms with Crippen molar-refractivity contribution in [2.45, 2.75) is 13.8 Å². The lowest BCUT2D eigenvalue weighted by atomic mass is 10.1. The summed E-state index contributed by atoms with van der Waals surface area (Å²) in [6.45, 7) is 9.87. The lowest BCUT2D eigenvalue weighted by Gasteiger charge is -1.96. The van der Waals surface area contributed by atoms with Gasteiger partial charge in [-0.2, -0.15) is 0 Å². The first kappa shape index (κ1) is 9.89. The largest absolute Gasteiger partial charge is 0.207 e. The van der Waals surface area contributed by atoms with E-state index in [-0.39, 0.29) is 5.82 Å². The van der Waals surface area contributed by atoms with Gasteiger partial charge < -0.3 is 0 Å². The van der Waals surface area contributed by atoms with Crippen LogP contribution in [-0.4, -0.2) is 0 Å². The summed E-state index contributed by atoms with van der Waals surface area (Å²) in [5.74, 6) is -0.155. The second-order valence-corrected chi connectivity index (χ2v) is 2.23. The molecule has 1 heteroatoms. The Labute approximate surface area is 67.4 Å². The Kier molecular flexibility index (Phi) is 4.20. The van der Waals surface area contributed by atoms with Crippen LogP contribution in [0.3, 0.4) is 0 Å². The second kappa shape index (κ2) is 4.67. The molecule has 0 unspecified atom stereocenters.